The summed E-state index contributed by atoms with van der Waals surface area (Å²) < 4.78 is 13.4. The Hall–Kier alpha value is -2.02. The van der Waals surface area contributed by atoms with Gasteiger partial charge in [-0.15, -0.1) is 0 Å². The van der Waals surface area contributed by atoms with Crippen molar-refractivity contribution in [1.82, 2.24) is 5.32 Å². The van der Waals surface area contributed by atoms with Crippen LogP contribution in [0.2, 0.25) is 0 Å². The predicted octanol–water partition coefficient (Wildman–Crippen LogP) is 3.49. The van der Waals surface area contributed by atoms with E-state index in [1.165, 1.54) is 6.07 Å². The number of carboxylic acids is 1. The van der Waals surface area contributed by atoms with Gasteiger partial charge in [-0.05, 0) is 36.3 Å². The van der Waals surface area contributed by atoms with Crippen molar-refractivity contribution in [2.75, 3.05) is 0 Å². The summed E-state index contributed by atoms with van der Waals surface area (Å²) in [5.41, 5.74) is -1.19. The summed E-state index contributed by atoms with van der Waals surface area (Å²) in [6.07, 6.45) is 3.72. The van der Waals surface area contributed by atoms with E-state index < -0.39 is 27.9 Å². The lowest BCUT2D eigenvalue weighted by Gasteiger charge is -2.40. The number of hydrogen-bond acceptors (Lipinski definition) is 4. The summed E-state index contributed by atoms with van der Waals surface area (Å²) in [5.74, 6) is -1.92. The summed E-state index contributed by atoms with van der Waals surface area (Å²) in [6.45, 7) is 3.88. The van der Waals surface area contributed by atoms with E-state index in [4.69, 9.17) is 0 Å². The number of hydrogen-bond donors (Lipinski definition) is 2. The van der Waals surface area contributed by atoms with E-state index in [2.05, 4.69) is 5.32 Å². The van der Waals surface area contributed by atoms with Gasteiger partial charge in [0.05, 0.1) is 4.92 Å². The Morgan fingerprint density at radius 1 is 1.46 bits per heavy atom. The predicted molar refractivity (Wildman–Crippen MR) is 87.1 cm³/mol. The Bertz CT molecular complexity index is 629. The molecule has 1 aliphatic rings. The first kappa shape index (κ1) is 18.3. The minimum absolute atomic E-state index is 0.0189. The Labute approximate surface area is 140 Å². The molecule has 0 spiro atoms. The van der Waals surface area contributed by atoms with Crippen LogP contribution in [0.15, 0.2) is 18.2 Å². The van der Waals surface area contributed by atoms with Crippen molar-refractivity contribution in [2.45, 2.75) is 51.6 Å². The molecule has 0 aromatic heterocycles. The van der Waals surface area contributed by atoms with Gasteiger partial charge in [0, 0.05) is 12.6 Å². The number of nitro groups is 1. The fourth-order valence-corrected chi connectivity index (χ4v) is 3.75. The molecule has 0 saturated heterocycles. The van der Waals surface area contributed by atoms with Crippen LogP contribution in [0.4, 0.5) is 10.1 Å². The lowest BCUT2D eigenvalue weighted by Crippen LogP contribution is -2.60. The molecule has 2 rings (SSSR count). The number of carbonyl (C=O) groups is 1. The Morgan fingerprint density at radius 2 is 2.08 bits per heavy atom. The van der Waals surface area contributed by atoms with Crippen LogP contribution in [0.3, 0.4) is 0 Å². The van der Waals surface area contributed by atoms with Gasteiger partial charge in [-0.1, -0.05) is 32.8 Å². The molecule has 0 aliphatic heterocycles. The molecular weight excluding hydrogens is 315 g/mol. The van der Waals surface area contributed by atoms with Gasteiger partial charge in [0.25, 0.3) is 0 Å². The number of aliphatic carboxylic acids is 1. The van der Waals surface area contributed by atoms with E-state index >= 15 is 0 Å². The van der Waals surface area contributed by atoms with Crippen LogP contribution in [0.5, 0.6) is 0 Å². The molecule has 2 N–H and O–H groups in total. The fraction of sp³-hybridized carbons (Fsp3) is 0.588. The van der Waals surface area contributed by atoms with Crippen LogP contribution in [0.1, 0.15) is 45.1 Å². The third-order valence-electron chi connectivity index (χ3n) is 5.06. The van der Waals surface area contributed by atoms with Crippen LogP contribution in [0.25, 0.3) is 0 Å². The van der Waals surface area contributed by atoms with Crippen LogP contribution in [0, 0.1) is 27.8 Å². The Balaban J connectivity index is 2.26. The summed E-state index contributed by atoms with van der Waals surface area (Å²) in [7, 11) is 0. The second kappa shape index (κ2) is 7.25. The van der Waals surface area contributed by atoms with Crippen LogP contribution >= 0.6 is 0 Å². The molecule has 7 heteroatoms. The molecule has 1 atom stereocenters. The minimum atomic E-state index is -1.08. The third-order valence-corrected chi connectivity index (χ3v) is 5.06. The van der Waals surface area contributed by atoms with E-state index in [0.717, 1.165) is 37.8 Å². The standard InChI is InChI=1S/C17H23FN2O4/c1-11(2)17(16(21)22,13-5-3-4-6-13)19-10-12-7-8-14(18)15(9-12)20(23)24/h7-9,11,13,19H,3-6,10H2,1-2H3,(H,21,22). The van der Waals surface area contributed by atoms with Crippen molar-refractivity contribution < 1.29 is 19.2 Å². The molecule has 1 saturated carbocycles. The molecule has 1 fully saturated rings. The molecule has 6 nitrogen and oxygen atoms in total. The molecule has 1 aromatic rings. The molecule has 0 radical (unpaired) electrons. The van der Waals surface area contributed by atoms with Crippen molar-refractivity contribution in [3.8, 4) is 0 Å². The van der Waals surface area contributed by atoms with Gasteiger partial charge in [-0.2, -0.15) is 4.39 Å². The number of nitro benzene ring substituents is 1. The van der Waals surface area contributed by atoms with E-state index in [9.17, 15) is 24.4 Å². The number of halogens is 1. The van der Waals surface area contributed by atoms with E-state index in [1.54, 1.807) is 0 Å². The first-order valence-electron chi connectivity index (χ1n) is 8.20. The molecule has 0 bridgehead atoms. The first-order chi connectivity index (χ1) is 11.3. The van der Waals surface area contributed by atoms with Gasteiger partial charge in [0.15, 0.2) is 0 Å². The highest BCUT2D eigenvalue weighted by Crippen LogP contribution is 2.39. The lowest BCUT2D eigenvalue weighted by molar-refractivity contribution is -0.387. The highest BCUT2D eigenvalue weighted by Gasteiger charge is 2.48. The number of rotatable bonds is 7. The van der Waals surface area contributed by atoms with Crippen LogP contribution in [-0.4, -0.2) is 21.5 Å². The van der Waals surface area contributed by atoms with Crippen molar-refractivity contribution in [3.05, 3.63) is 39.7 Å². The monoisotopic (exact) mass is 338 g/mol. The Kier molecular flexibility index (Phi) is 5.54. The molecule has 1 unspecified atom stereocenters. The second-order valence-corrected chi connectivity index (χ2v) is 6.71. The maximum absolute atomic E-state index is 13.4. The SMILES string of the molecule is CC(C)C(NCc1ccc(F)c([N+](=O)[O-])c1)(C(=O)O)C1CCCC1. The van der Waals surface area contributed by atoms with Gasteiger partial charge >= 0.3 is 11.7 Å². The number of benzene rings is 1. The fourth-order valence-electron chi connectivity index (χ4n) is 3.75. The smallest absolute Gasteiger partial charge is 0.324 e. The minimum Gasteiger partial charge on any atom is -0.480 e. The van der Waals surface area contributed by atoms with E-state index in [1.807, 2.05) is 13.8 Å². The van der Waals surface area contributed by atoms with Crippen molar-refractivity contribution in [1.29, 1.82) is 0 Å². The van der Waals surface area contributed by atoms with Crippen LogP contribution < -0.4 is 5.32 Å². The zero-order chi connectivity index (χ0) is 17.9. The maximum Gasteiger partial charge on any atom is 0.324 e. The normalized spacial score (nSPS) is 17.8. The molecule has 0 heterocycles. The first-order valence-corrected chi connectivity index (χ1v) is 8.20. The van der Waals surface area contributed by atoms with Gasteiger partial charge < -0.3 is 5.11 Å². The quantitative estimate of drug-likeness (QED) is 0.586. The molecule has 1 aromatic carbocycles. The van der Waals surface area contributed by atoms with E-state index in [0.29, 0.717) is 5.56 Å². The summed E-state index contributed by atoms with van der Waals surface area (Å²) in [6, 6.07) is 3.64. The zero-order valence-corrected chi connectivity index (χ0v) is 13.9. The molecular formula is C17H23FN2O4. The zero-order valence-electron chi connectivity index (χ0n) is 13.9. The molecule has 0 amide bonds. The topological polar surface area (TPSA) is 92.5 Å². The molecule has 24 heavy (non-hydrogen) atoms. The molecule has 132 valence electrons. The Morgan fingerprint density at radius 3 is 2.58 bits per heavy atom. The van der Waals surface area contributed by atoms with Crippen molar-refractivity contribution >= 4 is 11.7 Å². The summed E-state index contributed by atoms with van der Waals surface area (Å²) >= 11 is 0. The summed E-state index contributed by atoms with van der Waals surface area (Å²) in [4.78, 5) is 22.1. The number of nitrogens with zero attached hydrogens (tertiary/aromatic N) is 1. The van der Waals surface area contributed by atoms with Gasteiger partial charge in [0.1, 0.15) is 5.54 Å². The average molecular weight is 338 g/mol. The van der Waals surface area contributed by atoms with E-state index in [-0.39, 0.29) is 18.4 Å². The van der Waals surface area contributed by atoms with Crippen LogP contribution in [-0.2, 0) is 11.3 Å². The highest BCUT2D eigenvalue weighted by atomic mass is 19.1. The maximum atomic E-state index is 13.4. The van der Waals surface area contributed by atoms with Gasteiger partial charge in [-0.25, -0.2) is 0 Å². The van der Waals surface area contributed by atoms with Gasteiger partial charge in [0.2, 0.25) is 5.82 Å². The number of carboxylic acid groups (broad SMARTS) is 1. The average Bonchev–Trinajstić information content (AvgIpc) is 3.03. The summed E-state index contributed by atoms with van der Waals surface area (Å²) in [5, 5.41) is 23.9. The number of nitrogens with one attached hydrogen (secondary N) is 1. The van der Waals surface area contributed by atoms with Gasteiger partial charge in [-0.3, -0.25) is 20.2 Å². The second-order valence-electron chi connectivity index (χ2n) is 6.71. The van der Waals surface area contributed by atoms with Crippen molar-refractivity contribution in [2.24, 2.45) is 11.8 Å². The van der Waals surface area contributed by atoms with Crippen molar-refractivity contribution in [3.63, 3.8) is 0 Å². The highest BCUT2D eigenvalue weighted by molar-refractivity contribution is 5.79. The molecule has 1 aliphatic carbocycles. The largest absolute Gasteiger partial charge is 0.480 e. The third kappa shape index (κ3) is 3.40. The lowest BCUT2D eigenvalue weighted by atomic mass is 9.74.